The molecule has 0 atom stereocenters. The van der Waals surface area contributed by atoms with Crippen molar-refractivity contribution in [2.24, 2.45) is 5.73 Å². The van der Waals surface area contributed by atoms with E-state index in [1.165, 1.54) is 0 Å². The van der Waals surface area contributed by atoms with Gasteiger partial charge in [0.2, 0.25) is 0 Å². The molecule has 20 heavy (non-hydrogen) atoms. The first-order chi connectivity index (χ1) is 9.78. The fraction of sp³-hybridized carbons (Fsp3) is 0.188. The Morgan fingerprint density at radius 1 is 1.05 bits per heavy atom. The van der Waals surface area contributed by atoms with Crippen LogP contribution in [-0.4, -0.2) is 19.1 Å². The van der Waals surface area contributed by atoms with Crippen LogP contribution in [0.5, 0.6) is 5.75 Å². The monoisotopic (exact) mass is 270 g/mol. The van der Waals surface area contributed by atoms with Crippen molar-refractivity contribution in [3.05, 3.63) is 60.2 Å². The van der Waals surface area contributed by atoms with Crippen molar-refractivity contribution in [2.45, 2.75) is 6.42 Å². The van der Waals surface area contributed by atoms with Gasteiger partial charge in [0, 0.05) is 5.69 Å². The number of nitrogens with two attached hydrogens (primary N) is 1. The molecule has 2 aromatic rings. The molecule has 4 heteroatoms. The van der Waals surface area contributed by atoms with E-state index in [1.807, 2.05) is 54.6 Å². The van der Waals surface area contributed by atoms with Gasteiger partial charge in [-0.25, -0.2) is 0 Å². The first kappa shape index (κ1) is 14.1. The number of rotatable bonds is 6. The molecule has 2 rings (SSSR count). The van der Waals surface area contributed by atoms with Crippen LogP contribution in [0.2, 0.25) is 0 Å². The summed E-state index contributed by atoms with van der Waals surface area (Å²) in [6, 6.07) is 16.9. The number of hydrogen-bond donors (Lipinski definition) is 2. The topological polar surface area (TPSA) is 64.3 Å². The van der Waals surface area contributed by atoms with Gasteiger partial charge in [-0.3, -0.25) is 4.79 Å². The fourth-order valence-electron chi connectivity index (χ4n) is 1.79. The Labute approximate surface area is 118 Å². The average Bonchev–Trinajstić information content (AvgIpc) is 2.48. The maximum atomic E-state index is 11.7. The van der Waals surface area contributed by atoms with E-state index in [0.29, 0.717) is 12.3 Å². The van der Waals surface area contributed by atoms with Crippen LogP contribution in [0.1, 0.15) is 5.56 Å². The smallest absolute Gasteiger partial charge is 0.262 e. The second-order valence-corrected chi connectivity index (χ2v) is 4.39. The number of carbonyl (C=O) groups is 1. The Morgan fingerprint density at radius 3 is 2.40 bits per heavy atom. The third-order valence-electron chi connectivity index (χ3n) is 2.78. The highest BCUT2D eigenvalue weighted by Gasteiger charge is 2.03. The lowest BCUT2D eigenvalue weighted by Gasteiger charge is -2.08. The number of carbonyl (C=O) groups excluding carboxylic acids is 1. The molecule has 0 saturated heterocycles. The molecule has 0 spiro atoms. The van der Waals surface area contributed by atoms with Gasteiger partial charge in [-0.2, -0.15) is 0 Å². The van der Waals surface area contributed by atoms with E-state index in [4.69, 9.17) is 10.5 Å². The molecule has 0 fully saturated rings. The highest BCUT2D eigenvalue weighted by molar-refractivity contribution is 5.91. The van der Waals surface area contributed by atoms with Gasteiger partial charge in [0.25, 0.3) is 5.91 Å². The van der Waals surface area contributed by atoms with Crippen molar-refractivity contribution in [1.29, 1.82) is 0 Å². The number of anilines is 1. The predicted octanol–water partition coefficient (Wildman–Crippen LogP) is 2.21. The Kier molecular flexibility index (Phi) is 5.15. The lowest BCUT2D eigenvalue weighted by atomic mass is 10.1. The minimum Gasteiger partial charge on any atom is -0.484 e. The number of benzene rings is 2. The first-order valence-electron chi connectivity index (χ1n) is 6.54. The minimum atomic E-state index is -0.178. The van der Waals surface area contributed by atoms with Gasteiger partial charge < -0.3 is 15.8 Å². The van der Waals surface area contributed by atoms with E-state index < -0.39 is 0 Å². The van der Waals surface area contributed by atoms with Crippen molar-refractivity contribution in [3.63, 3.8) is 0 Å². The maximum Gasteiger partial charge on any atom is 0.262 e. The molecule has 0 radical (unpaired) electrons. The molecule has 0 aromatic heterocycles. The number of hydrogen-bond acceptors (Lipinski definition) is 3. The summed E-state index contributed by atoms with van der Waals surface area (Å²) < 4.78 is 5.43. The Morgan fingerprint density at radius 2 is 1.75 bits per heavy atom. The lowest BCUT2D eigenvalue weighted by Crippen LogP contribution is -2.20. The molecular weight excluding hydrogens is 252 g/mol. The average molecular weight is 270 g/mol. The summed E-state index contributed by atoms with van der Waals surface area (Å²) in [5.74, 6) is 0.496. The van der Waals surface area contributed by atoms with E-state index in [1.54, 1.807) is 0 Å². The molecule has 2 aromatic carbocycles. The molecule has 0 bridgehead atoms. The van der Waals surface area contributed by atoms with Gasteiger partial charge in [-0.1, -0.05) is 30.3 Å². The van der Waals surface area contributed by atoms with Crippen molar-refractivity contribution >= 4 is 11.6 Å². The third kappa shape index (κ3) is 4.40. The van der Waals surface area contributed by atoms with Gasteiger partial charge in [0.15, 0.2) is 6.61 Å². The highest BCUT2D eigenvalue weighted by atomic mass is 16.5. The van der Waals surface area contributed by atoms with Gasteiger partial charge in [0.05, 0.1) is 0 Å². The van der Waals surface area contributed by atoms with Crippen LogP contribution in [0, 0.1) is 0 Å². The molecule has 4 nitrogen and oxygen atoms in total. The van der Waals surface area contributed by atoms with Gasteiger partial charge in [-0.15, -0.1) is 0 Å². The van der Waals surface area contributed by atoms with E-state index in [-0.39, 0.29) is 12.5 Å². The SMILES string of the molecule is NCCc1ccc(OCC(=O)Nc2ccccc2)cc1. The highest BCUT2D eigenvalue weighted by Crippen LogP contribution is 2.12. The number of amides is 1. The summed E-state index contributed by atoms with van der Waals surface area (Å²) in [5.41, 5.74) is 7.41. The maximum absolute atomic E-state index is 11.7. The van der Waals surface area contributed by atoms with Crippen molar-refractivity contribution in [1.82, 2.24) is 0 Å². The van der Waals surface area contributed by atoms with Crippen molar-refractivity contribution in [2.75, 3.05) is 18.5 Å². The molecule has 0 heterocycles. The number of ether oxygens (including phenoxy) is 1. The summed E-state index contributed by atoms with van der Waals surface area (Å²) >= 11 is 0. The largest absolute Gasteiger partial charge is 0.484 e. The van der Waals surface area contributed by atoms with Gasteiger partial charge in [0.1, 0.15) is 5.75 Å². The summed E-state index contributed by atoms with van der Waals surface area (Å²) in [5, 5.41) is 2.76. The zero-order valence-electron chi connectivity index (χ0n) is 11.2. The molecule has 0 unspecified atom stereocenters. The van der Waals surface area contributed by atoms with Crippen LogP contribution in [0.3, 0.4) is 0 Å². The van der Waals surface area contributed by atoms with E-state index in [2.05, 4.69) is 5.32 Å². The van der Waals surface area contributed by atoms with Crippen LogP contribution >= 0.6 is 0 Å². The van der Waals surface area contributed by atoms with E-state index >= 15 is 0 Å². The standard InChI is InChI=1S/C16H18N2O2/c17-11-10-13-6-8-15(9-7-13)20-12-16(19)18-14-4-2-1-3-5-14/h1-9H,10-12,17H2,(H,18,19). The minimum absolute atomic E-state index is 0.00880. The Balaban J connectivity index is 1.81. The van der Waals surface area contributed by atoms with Crippen LogP contribution in [-0.2, 0) is 11.2 Å². The number of nitrogens with one attached hydrogen (secondary N) is 1. The third-order valence-corrected chi connectivity index (χ3v) is 2.78. The Bertz CT molecular complexity index is 538. The number of para-hydroxylation sites is 1. The molecule has 0 saturated carbocycles. The van der Waals surface area contributed by atoms with E-state index in [0.717, 1.165) is 17.7 Å². The van der Waals surface area contributed by atoms with Crippen LogP contribution < -0.4 is 15.8 Å². The van der Waals surface area contributed by atoms with Crippen LogP contribution in [0.25, 0.3) is 0 Å². The zero-order chi connectivity index (χ0) is 14.2. The summed E-state index contributed by atoms with van der Waals surface area (Å²) in [6.45, 7) is 0.616. The van der Waals surface area contributed by atoms with E-state index in [9.17, 15) is 4.79 Å². The van der Waals surface area contributed by atoms with Crippen LogP contribution in [0.4, 0.5) is 5.69 Å². The second-order valence-electron chi connectivity index (χ2n) is 4.39. The first-order valence-corrected chi connectivity index (χ1v) is 6.54. The molecule has 0 aliphatic rings. The molecular formula is C16H18N2O2. The quantitative estimate of drug-likeness (QED) is 0.845. The molecule has 1 amide bonds. The summed E-state index contributed by atoms with van der Waals surface area (Å²) in [6.07, 6.45) is 0.842. The second kappa shape index (κ2) is 7.31. The van der Waals surface area contributed by atoms with Crippen molar-refractivity contribution in [3.8, 4) is 5.75 Å². The van der Waals surface area contributed by atoms with Gasteiger partial charge in [-0.05, 0) is 42.8 Å². The molecule has 104 valence electrons. The normalized spacial score (nSPS) is 10.1. The Hall–Kier alpha value is -2.33. The van der Waals surface area contributed by atoms with Crippen molar-refractivity contribution < 1.29 is 9.53 Å². The molecule has 3 N–H and O–H groups in total. The molecule has 0 aliphatic carbocycles. The molecule has 0 aliphatic heterocycles. The summed E-state index contributed by atoms with van der Waals surface area (Å²) in [7, 11) is 0. The summed E-state index contributed by atoms with van der Waals surface area (Å²) in [4.78, 5) is 11.7. The zero-order valence-corrected chi connectivity index (χ0v) is 11.2. The van der Waals surface area contributed by atoms with Crippen LogP contribution in [0.15, 0.2) is 54.6 Å². The lowest BCUT2D eigenvalue weighted by molar-refractivity contribution is -0.118. The van der Waals surface area contributed by atoms with Gasteiger partial charge >= 0.3 is 0 Å². The predicted molar refractivity (Wildman–Crippen MR) is 79.8 cm³/mol. The fourth-order valence-corrected chi connectivity index (χ4v) is 1.79.